The molecule has 34 heavy (non-hydrogen) atoms. The van der Waals surface area contributed by atoms with E-state index in [9.17, 15) is 19.5 Å². The number of hydrogen-bond donors (Lipinski definition) is 2. The van der Waals surface area contributed by atoms with Crippen LogP contribution in [-0.4, -0.2) is 65.9 Å². The fourth-order valence-corrected chi connectivity index (χ4v) is 4.89. The van der Waals surface area contributed by atoms with Gasteiger partial charge in [-0.05, 0) is 35.6 Å². The summed E-state index contributed by atoms with van der Waals surface area (Å²) in [6.07, 6.45) is -0.176. The van der Waals surface area contributed by atoms with Gasteiger partial charge in [-0.1, -0.05) is 55.5 Å². The van der Waals surface area contributed by atoms with Crippen LogP contribution in [0.1, 0.15) is 43.7 Å². The lowest BCUT2D eigenvalue weighted by Gasteiger charge is -2.33. The molecule has 4 rings (SSSR count). The predicted molar refractivity (Wildman–Crippen MR) is 125 cm³/mol. The number of ether oxygens (including phenoxy) is 2. The van der Waals surface area contributed by atoms with Gasteiger partial charge < -0.3 is 24.8 Å². The molecule has 180 valence electrons. The standard InChI is InChI=1S/C26H30N2O6/c1-4-25(2,22(29)28-14-13-26(16-28,33-3)23(30)31)27-24(32)34-15-21-19-11-7-5-9-17(19)18-10-6-8-12-20(18)21/h5-12,21H,4,13-16H2,1-3H3,(H,27,32)(H,30,31). The fourth-order valence-electron chi connectivity index (χ4n) is 4.89. The normalized spacial score (nSPS) is 20.9. The molecule has 2 aromatic carbocycles. The summed E-state index contributed by atoms with van der Waals surface area (Å²) in [6, 6.07) is 16.1. The lowest BCUT2D eigenvalue weighted by atomic mass is 9.97. The smallest absolute Gasteiger partial charge is 0.408 e. The minimum Gasteiger partial charge on any atom is -0.479 e. The summed E-state index contributed by atoms with van der Waals surface area (Å²) in [4.78, 5) is 39.1. The van der Waals surface area contributed by atoms with Gasteiger partial charge in [-0.2, -0.15) is 0 Å². The third-order valence-electron chi connectivity index (χ3n) is 7.20. The van der Waals surface area contributed by atoms with Crippen molar-refractivity contribution >= 4 is 18.0 Å². The van der Waals surface area contributed by atoms with E-state index in [2.05, 4.69) is 17.4 Å². The summed E-state index contributed by atoms with van der Waals surface area (Å²) in [5.74, 6) is -1.55. The Bertz CT molecular complexity index is 1070. The van der Waals surface area contributed by atoms with E-state index < -0.39 is 23.2 Å². The van der Waals surface area contributed by atoms with Crippen molar-refractivity contribution in [2.45, 2.75) is 43.7 Å². The van der Waals surface area contributed by atoms with Crippen molar-refractivity contribution in [1.82, 2.24) is 10.2 Å². The summed E-state index contributed by atoms with van der Waals surface area (Å²) in [6.45, 7) is 3.73. The molecule has 2 unspecified atom stereocenters. The average Bonchev–Trinajstić information content (AvgIpc) is 3.43. The number of amides is 2. The van der Waals surface area contributed by atoms with Gasteiger partial charge in [0.2, 0.25) is 5.91 Å². The van der Waals surface area contributed by atoms with Gasteiger partial charge in [-0.25, -0.2) is 9.59 Å². The number of alkyl carbamates (subject to hydrolysis) is 1. The number of nitrogens with one attached hydrogen (secondary N) is 1. The Labute approximate surface area is 198 Å². The van der Waals surface area contributed by atoms with Crippen LogP contribution in [-0.2, 0) is 19.1 Å². The van der Waals surface area contributed by atoms with Crippen LogP contribution in [0.15, 0.2) is 48.5 Å². The van der Waals surface area contributed by atoms with Crippen LogP contribution in [0.25, 0.3) is 11.1 Å². The first-order valence-corrected chi connectivity index (χ1v) is 11.5. The molecule has 2 aliphatic rings. The monoisotopic (exact) mass is 466 g/mol. The Balaban J connectivity index is 1.43. The van der Waals surface area contributed by atoms with E-state index in [1.807, 2.05) is 36.4 Å². The molecule has 1 fully saturated rings. The van der Waals surface area contributed by atoms with Gasteiger partial charge in [0.1, 0.15) is 12.1 Å². The SMILES string of the molecule is CCC(C)(NC(=O)OCC1c2ccccc2-c2ccccc21)C(=O)N1CCC(OC)(C(=O)O)C1. The second-order valence-electron chi connectivity index (χ2n) is 9.12. The molecule has 2 aromatic rings. The molecule has 1 heterocycles. The van der Waals surface area contributed by atoms with Crippen molar-refractivity contribution in [1.29, 1.82) is 0 Å². The number of likely N-dealkylation sites (tertiary alicyclic amines) is 1. The van der Waals surface area contributed by atoms with E-state index in [1.54, 1.807) is 13.8 Å². The van der Waals surface area contributed by atoms with E-state index in [-0.39, 0.29) is 37.9 Å². The maximum atomic E-state index is 13.3. The zero-order valence-electron chi connectivity index (χ0n) is 19.7. The lowest BCUT2D eigenvalue weighted by molar-refractivity contribution is -0.161. The third-order valence-corrected chi connectivity index (χ3v) is 7.20. The summed E-state index contributed by atoms with van der Waals surface area (Å²) in [7, 11) is 1.33. The van der Waals surface area contributed by atoms with Gasteiger partial charge in [0.05, 0.1) is 6.54 Å². The second-order valence-corrected chi connectivity index (χ2v) is 9.12. The molecule has 1 saturated heterocycles. The van der Waals surface area contributed by atoms with Gasteiger partial charge in [0.15, 0.2) is 5.60 Å². The first-order valence-electron chi connectivity index (χ1n) is 11.5. The van der Waals surface area contributed by atoms with Crippen molar-refractivity contribution in [3.8, 4) is 11.1 Å². The van der Waals surface area contributed by atoms with Crippen LogP contribution in [0, 0.1) is 0 Å². The third kappa shape index (κ3) is 4.03. The van der Waals surface area contributed by atoms with Crippen LogP contribution in [0.2, 0.25) is 0 Å². The quantitative estimate of drug-likeness (QED) is 0.648. The van der Waals surface area contributed by atoms with Crippen LogP contribution >= 0.6 is 0 Å². The second kappa shape index (κ2) is 9.10. The number of benzene rings is 2. The molecule has 8 heteroatoms. The Kier molecular flexibility index (Phi) is 6.36. The number of rotatable bonds is 7. The highest BCUT2D eigenvalue weighted by Gasteiger charge is 2.49. The molecule has 2 atom stereocenters. The summed E-state index contributed by atoms with van der Waals surface area (Å²) < 4.78 is 10.8. The van der Waals surface area contributed by atoms with E-state index in [4.69, 9.17) is 9.47 Å². The van der Waals surface area contributed by atoms with E-state index >= 15 is 0 Å². The number of nitrogens with zero attached hydrogens (tertiary/aromatic N) is 1. The molecule has 2 amide bonds. The number of hydrogen-bond acceptors (Lipinski definition) is 5. The number of carbonyl (C=O) groups is 3. The number of carboxylic acids is 1. The fraction of sp³-hybridized carbons (Fsp3) is 0.423. The highest BCUT2D eigenvalue weighted by Crippen LogP contribution is 2.44. The number of carbonyl (C=O) groups excluding carboxylic acids is 2. The summed E-state index contributed by atoms with van der Waals surface area (Å²) in [5, 5.41) is 12.3. The molecule has 8 nitrogen and oxygen atoms in total. The van der Waals surface area contributed by atoms with Crippen LogP contribution in [0.3, 0.4) is 0 Å². The number of methoxy groups -OCH3 is 1. The zero-order valence-corrected chi connectivity index (χ0v) is 19.7. The van der Waals surface area contributed by atoms with Crippen molar-refractivity contribution in [2.75, 3.05) is 26.8 Å². The predicted octanol–water partition coefficient (Wildman–Crippen LogP) is 3.40. The van der Waals surface area contributed by atoms with Crippen LogP contribution in [0.5, 0.6) is 0 Å². The van der Waals surface area contributed by atoms with Crippen molar-refractivity contribution in [2.24, 2.45) is 0 Å². The highest BCUT2D eigenvalue weighted by molar-refractivity contribution is 5.91. The first kappa shape index (κ1) is 23.8. The molecule has 0 aromatic heterocycles. The average molecular weight is 467 g/mol. The van der Waals surface area contributed by atoms with Crippen LogP contribution in [0.4, 0.5) is 4.79 Å². The largest absolute Gasteiger partial charge is 0.479 e. The molecule has 0 bridgehead atoms. The van der Waals surface area contributed by atoms with Crippen LogP contribution < -0.4 is 5.32 Å². The topological polar surface area (TPSA) is 105 Å². The molecule has 1 aliphatic carbocycles. The Morgan fingerprint density at radius 3 is 2.21 bits per heavy atom. The van der Waals surface area contributed by atoms with Gasteiger partial charge in [0.25, 0.3) is 0 Å². The van der Waals surface area contributed by atoms with Gasteiger partial charge in [0, 0.05) is 26.0 Å². The number of carboxylic acid groups (broad SMARTS) is 1. The highest BCUT2D eigenvalue weighted by atomic mass is 16.5. The summed E-state index contributed by atoms with van der Waals surface area (Å²) >= 11 is 0. The minimum absolute atomic E-state index is 0.0698. The minimum atomic E-state index is -1.42. The maximum absolute atomic E-state index is 13.3. The Morgan fingerprint density at radius 1 is 1.12 bits per heavy atom. The molecular weight excluding hydrogens is 436 g/mol. The first-order chi connectivity index (χ1) is 16.2. The lowest BCUT2D eigenvalue weighted by Crippen LogP contribution is -2.58. The molecule has 0 radical (unpaired) electrons. The van der Waals surface area contributed by atoms with E-state index in [0.29, 0.717) is 6.42 Å². The van der Waals surface area contributed by atoms with Gasteiger partial charge in [-0.3, -0.25) is 4.79 Å². The number of aliphatic carboxylic acids is 1. The molecule has 0 saturated carbocycles. The van der Waals surface area contributed by atoms with Gasteiger partial charge >= 0.3 is 12.1 Å². The molecule has 2 N–H and O–H groups in total. The van der Waals surface area contributed by atoms with E-state index in [1.165, 1.54) is 12.0 Å². The Hall–Kier alpha value is -3.39. The molecule has 1 aliphatic heterocycles. The molecule has 0 spiro atoms. The van der Waals surface area contributed by atoms with Gasteiger partial charge in [-0.15, -0.1) is 0 Å². The maximum Gasteiger partial charge on any atom is 0.408 e. The zero-order chi connectivity index (χ0) is 24.5. The Morgan fingerprint density at radius 2 is 1.71 bits per heavy atom. The van der Waals surface area contributed by atoms with Crippen molar-refractivity contribution in [3.05, 3.63) is 59.7 Å². The summed E-state index contributed by atoms with van der Waals surface area (Å²) in [5.41, 5.74) is 1.82. The van der Waals surface area contributed by atoms with E-state index in [0.717, 1.165) is 22.3 Å². The molecular formula is C26H30N2O6. The number of fused-ring (bicyclic) bond motifs is 3. The van der Waals surface area contributed by atoms with Crippen molar-refractivity contribution < 1.29 is 29.0 Å². The van der Waals surface area contributed by atoms with Crippen molar-refractivity contribution in [3.63, 3.8) is 0 Å².